The highest BCUT2D eigenvalue weighted by atomic mass is 16.6. The van der Waals surface area contributed by atoms with Gasteiger partial charge < -0.3 is 9.47 Å². The molecule has 0 fully saturated rings. The van der Waals surface area contributed by atoms with Crippen LogP contribution in [0.15, 0.2) is 91.0 Å². The van der Waals surface area contributed by atoms with Crippen LogP contribution in [0.2, 0.25) is 0 Å². The molecule has 1 aromatic heterocycles. The molecule has 4 rings (SSSR count). The average Bonchev–Trinajstić information content (AvgIpc) is 3.11. The van der Waals surface area contributed by atoms with Gasteiger partial charge in [-0.3, -0.25) is 9.59 Å². The molecule has 6 heteroatoms. The van der Waals surface area contributed by atoms with Gasteiger partial charge in [0, 0.05) is 13.8 Å². The summed E-state index contributed by atoms with van der Waals surface area (Å²) < 4.78 is 12.7. The fourth-order valence-corrected chi connectivity index (χ4v) is 4.08. The number of carbonyl (C=O) groups excluding carboxylic acids is 2. The van der Waals surface area contributed by atoms with Crippen LogP contribution in [0.1, 0.15) is 36.1 Å². The molecule has 0 amide bonds. The van der Waals surface area contributed by atoms with Crippen molar-refractivity contribution in [3.05, 3.63) is 113 Å². The van der Waals surface area contributed by atoms with Crippen LogP contribution in [0.3, 0.4) is 0 Å². The Kier molecular flexibility index (Phi) is 6.09. The van der Waals surface area contributed by atoms with E-state index < -0.39 is 17.5 Å². The van der Waals surface area contributed by atoms with Crippen molar-refractivity contribution < 1.29 is 19.1 Å². The molecule has 0 saturated heterocycles. The summed E-state index contributed by atoms with van der Waals surface area (Å²) in [5.41, 5.74) is 2.12. The molecule has 0 unspecified atom stereocenters. The van der Waals surface area contributed by atoms with E-state index in [4.69, 9.17) is 14.6 Å². The number of ether oxygens (including phenoxy) is 2. The van der Waals surface area contributed by atoms with Gasteiger partial charge in [0.1, 0.15) is 5.54 Å². The predicted octanol–water partition coefficient (Wildman–Crippen LogP) is 4.88. The number of hydrogen-bond donors (Lipinski definition) is 0. The molecule has 166 valence electrons. The van der Waals surface area contributed by atoms with Crippen LogP contribution < -0.4 is 9.47 Å². The van der Waals surface area contributed by atoms with E-state index in [1.807, 2.05) is 91.0 Å². The van der Waals surface area contributed by atoms with Gasteiger partial charge in [0.15, 0.2) is 0 Å². The maximum atomic E-state index is 12.1. The Morgan fingerprint density at radius 2 is 1.09 bits per heavy atom. The molecule has 4 aromatic rings. The second-order valence-electron chi connectivity index (χ2n) is 7.64. The summed E-state index contributed by atoms with van der Waals surface area (Å²) in [5, 5.41) is 4.70. The van der Waals surface area contributed by atoms with Crippen molar-refractivity contribution in [1.82, 2.24) is 9.78 Å². The van der Waals surface area contributed by atoms with Gasteiger partial charge in [-0.05, 0) is 23.6 Å². The molecule has 6 nitrogen and oxygen atoms in total. The maximum Gasteiger partial charge on any atom is 0.309 e. The number of aromatic nitrogens is 2. The van der Waals surface area contributed by atoms with Gasteiger partial charge >= 0.3 is 11.9 Å². The number of esters is 2. The number of rotatable bonds is 6. The Labute approximate surface area is 192 Å². The molecule has 0 spiro atoms. The minimum atomic E-state index is -1.02. The molecule has 0 bridgehead atoms. The van der Waals surface area contributed by atoms with Crippen LogP contribution in [-0.2, 0) is 15.1 Å². The molecule has 3 aromatic carbocycles. The smallest absolute Gasteiger partial charge is 0.309 e. The maximum absolute atomic E-state index is 12.1. The third kappa shape index (κ3) is 4.03. The Morgan fingerprint density at radius 1 is 0.697 bits per heavy atom. The SMILES string of the molecule is CC(=O)Oc1nn(C(c2ccccc2)(c2ccccc2)c2ccccc2)c(OC(C)=O)c1C. The zero-order chi connectivity index (χ0) is 23.4. The Bertz CT molecular complexity index is 1170. The lowest BCUT2D eigenvalue weighted by molar-refractivity contribution is -0.133. The first-order chi connectivity index (χ1) is 15.9. The average molecular weight is 440 g/mol. The minimum Gasteiger partial charge on any atom is -0.407 e. The van der Waals surface area contributed by atoms with Crippen molar-refractivity contribution in [2.24, 2.45) is 0 Å². The quantitative estimate of drug-likeness (QED) is 0.316. The van der Waals surface area contributed by atoms with Crippen molar-refractivity contribution in [2.75, 3.05) is 0 Å². The molecule has 1 heterocycles. The first kappa shape index (κ1) is 22.0. The van der Waals surface area contributed by atoms with Gasteiger partial charge in [-0.15, -0.1) is 5.10 Å². The van der Waals surface area contributed by atoms with E-state index in [9.17, 15) is 9.59 Å². The molecule has 0 aliphatic carbocycles. The fourth-order valence-electron chi connectivity index (χ4n) is 4.08. The zero-order valence-corrected chi connectivity index (χ0v) is 18.7. The van der Waals surface area contributed by atoms with Crippen molar-refractivity contribution >= 4 is 11.9 Å². The van der Waals surface area contributed by atoms with Crippen LogP contribution in [0.5, 0.6) is 11.8 Å². The first-order valence-electron chi connectivity index (χ1n) is 10.6. The Hall–Kier alpha value is -4.19. The van der Waals surface area contributed by atoms with Crippen LogP contribution in [0.25, 0.3) is 0 Å². The molecule has 0 aliphatic rings. The summed E-state index contributed by atoms with van der Waals surface area (Å²) in [5.74, 6) is -0.722. The molecule has 0 aliphatic heterocycles. The van der Waals surface area contributed by atoms with Crippen LogP contribution in [-0.4, -0.2) is 21.7 Å². The van der Waals surface area contributed by atoms with Crippen LogP contribution in [0, 0.1) is 6.92 Å². The highest BCUT2D eigenvalue weighted by Gasteiger charge is 2.43. The van der Waals surface area contributed by atoms with E-state index in [1.165, 1.54) is 13.8 Å². The Balaban J connectivity index is 2.17. The summed E-state index contributed by atoms with van der Waals surface area (Å²) in [4.78, 5) is 23.9. The topological polar surface area (TPSA) is 70.4 Å². The van der Waals surface area contributed by atoms with E-state index in [2.05, 4.69) is 0 Å². The molecule has 0 N–H and O–H groups in total. The van der Waals surface area contributed by atoms with E-state index >= 15 is 0 Å². The van der Waals surface area contributed by atoms with Gasteiger partial charge in [-0.2, -0.15) is 0 Å². The monoisotopic (exact) mass is 440 g/mol. The third-order valence-electron chi connectivity index (χ3n) is 5.40. The number of hydrogen-bond acceptors (Lipinski definition) is 5. The Morgan fingerprint density at radius 3 is 1.45 bits per heavy atom. The van der Waals surface area contributed by atoms with Crippen molar-refractivity contribution in [1.29, 1.82) is 0 Å². The second-order valence-corrected chi connectivity index (χ2v) is 7.64. The number of carbonyl (C=O) groups is 2. The van der Waals surface area contributed by atoms with Gasteiger partial charge in [0.2, 0.25) is 11.8 Å². The summed E-state index contributed by atoms with van der Waals surface area (Å²) in [6.07, 6.45) is 0. The number of benzene rings is 3. The molecule has 0 radical (unpaired) electrons. The number of nitrogens with zero attached hydrogens (tertiary/aromatic N) is 2. The van der Waals surface area contributed by atoms with Gasteiger partial charge in [0.25, 0.3) is 0 Å². The summed E-state index contributed by atoms with van der Waals surface area (Å²) in [7, 11) is 0. The van der Waals surface area contributed by atoms with E-state index in [1.54, 1.807) is 11.6 Å². The molecule has 33 heavy (non-hydrogen) atoms. The van der Waals surface area contributed by atoms with Gasteiger partial charge in [0.05, 0.1) is 5.56 Å². The lowest BCUT2D eigenvalue weighted by Gasteiger charge is -2.36. The van der Waals surface area contributed by atoms with Gasteiger partial charge in [-0.25, -0.2) is 4.68 Å². The van der Waals surface area contributed by atoms with Crippen LogP contribution >= 0.6 is 0 Å². The highest BCUT2D eigenvalue weighted by molar-refractivity contribution is 5.72. The van der Waals surface area contributed by atoms with E-state index in [-0.39, 0.29) is 11.8 Å². The summed E-state index contributed by atoms with van der Waals surface area (Å²) >= 11 is 0. The molecule has 0 atom stereocenters. The normalized spacial score (nSPS) is 11.1. The van der Waals surface area contributed by atoms with Crippen LogP contribution in [0.4, 0.5) is 0 Å². The fraction of sp³-hybridized carbons (Fsp3) is 0.148. The lowest BCUT2D eigenvalue weighted by Crippen LogP contribution is -2.39. The predicted molar refractivity (Wildman–Crippen MR) is 124 cm³/mol. The standard InChI is InChI=1S/C27H24N2O4/c1-19-25(32-20(2)30)28-29(26(19)33-21(3)31)27(22-13-7-4-8-14-22,23-15-9-5-10-16-23)24-17-11-6-12-18-24/h4-18H,1-3H3. The zero-order valence-electron chi connectivity index (χ0n) is 18.7. The third-order valence-corrected chi connectivity index (χ3v) is 5.40. The molecular weight excluding hydrogens is 416 g/mol. The summed E-state index contributed by atoms with van der Waals surface area (Å²) in [6, 6.07) is 29.5. The van der Waals surface area contributed by atoms with Gasteiger partial charge in [-0.1, -0.05) is 91.0 Å². The van der Waals surface area contributed by atoms with Crippen molar-refractivity contribution in [3.63, 3.8) is 0 Å². The van der Waals surface area contributed by atoms with E-state index in [0.29, 0.717) is 5.56 Å². The summed E-state index contributed by atoms with van der Waals surface area (Å²) in [6.45, 7) is 4.35. The highest BCUT2D eigenvalue weighted by Crippen LogP contribution is 2.45. The van der Waals surface area contributed by atoms with Crippen molar-refractivity contribution in [3.8, 4) is 11.8 Å². The minimum absolute atomic E-state index is 0.0888. The second kappa shape index (κ2) is 9.12. The first-order valence-corrected chi connectivity index (χ1v) is 10.6. The van der Waals surface area contributed by atoms with E-state index in [0.717, 1.165) is 16.7 Å². The largest absolute Gasteiger partial charge is 0.407 e. The van der Waals surface area contributed by atoms with Crippen molar-refractivity contribution in [2.45, 2.75) is 26.3 Å². The lowest BCUT2D eigenvalue weighted by atomic mass is 9.77. The molecular formula is C27H24N2O4. The molecule has 0 saturated carbocycles.